The Bertz CT molecular complexity index is 254. The lowest BCUT2D eigenvalue weighted by Crippen LogP contribution is -2.30. The molecule has 0 fully saturated rings. The SMILES string of the molecule is OCCNc1ncc(B(O)O)cn1. The van der Waals surface area contributed by atoms with E-state index in [1.165, 1.54) is 12.4 Å². The van der Waals surface area contributed by atoms with Crippen molar-refractivity contribution in [1.29, 1.82) is 0 Å². The molecule has 0 saturated carbocycles. The van der Waals surface area contributed by atoms with Gasteiger partial charge in [0.15, 0.2) is 0 Å². The summed E-state index contributed by atoms with van der Waals surface area (Å²) in [6.45, 7) is 0.356. The second-order valence-electron chi connectivity index (χ2n) is 2.36. The number of hydrogen-bond donors (Lipinski definition) is 4. The predicted octanol–water partition coefficient (Wildman–Crippen LogP) is -2.44. The molecule has 0 bridgehead atoms. The van der Waals surface area contributed by atoms with E-state index in [-0.39, 0.29) is 12.1 Å². The lowest BCUT2D eigenvalue weighted by molar-refractivity contribution is 0.311. The molecule has 0 aliphatic heterocycles. The summed E-state index contributed by atoms with van der Waals surface area (Å²) in [4.78, 5) is 7.57. The van der Waals surface area contributed by atoms with Gasteiger partial charge in [-0.15, -0.1) is 0 Å². The average molecular weight is 183 g/mol. The molecule has 0 aliphatic carbocycles. The maximum absolute atomic E-state index is 8.71. The molecule has 70 valence electrons. The van der Waals surface area contributed by atoms with Crippen molar-refractivity contribution in [2.24, 2.45) is 0 Å². The summed E-state index contributed by atoms with van der Waals surface area (Å²) in [5.41, 5.74) is 0.231. The highest BCUT2D eigenvalue weighted by molar-refractivity contribution is 6.58. The molecule has 0 saturated heterocycles. The van der Waals surface area contributed by atoms with E-state index in [1.807, 2.05) is 0 Å². The van der Waals surface area contributed by atoms with Crippen LogP contribution in [0, 0.1) is 0 Å². The van der Waals surface area contributed by atoms with Crippen molar-refractivity contribution in [1.82, 2.24) is 9.97 Å². The number of anilines is 1. The number of rotatable bonds is 4. The Balaban J connectivity index is 2.59. The number of aromatic nitrogens is 2. The Kier molecular flexibility index (Phi) is 3.62. The Morgan fingerprint density at radius 2 is 1.92 bits per heavy atom. The molecule has 0 aromatic carbocycles. The second-order valence-corrected chi connectivity index (χ2v) is 2.36. The molecule has 0 unspecified atom stereocenters. The van der Waals surface area contributed by atoms with Crippen LogP contribution in [-0.4, -0.2) is 45.4 Å². The summed E-state index contributed by atoms with van der Waals surface area (Å²) < 4.78 is 0. The van der Waals surface area contributed by atoms with Crippen LogP contribution < -0.4 is 10.8 Å². The quantitative estimate of drug-likeness (QED) is 0.387. The number of aliphatic hydroxyl groups excluding tert-OH is 1. The molecule has 7 heteroatoms. The van der Waals surface area contributed by atoms with Crippen molar-refractivity contribution in [2.45, 2.75) is 0 Å². The van der Waals surface area contributed by atoms with Gasteiger partial charge in [-0.3, -0.25) is 0 Å². The first-order chi connectivity index (χ1) is 6.24. The van der Waals surface area contributed by atoms with Gasteiger partial charge in [-0.1, -0.05) is 0 Å². The van der Waals surface area contributed by atoms with Crippen LogP contribution in [-0.2, 0) is 0 Å². The third-order valence-electron chi connectivity index (χ3n) is 1.36. The molecule has 1 heterocycles. The summed E-state index contributed by atoms with van der Waals surface area (Å²) in [5, 5.41) is 28.6. The van der Waals surface area contributed by atoms with E-state index in [4.69, 9.17) is 15.2 Å². The zero-order valence-electron chi connectivity index (χ0n) is 6.88. The molecule has 0 radical (unpaired) electrons. The van der Waals surface area contributed by atoms with Crippen LogP contribution in [0.3, 0.4) is 0 Å². The monoisotopic (exact) mass is 183 g/mol. The molecular weight excluding hydrogens is 173 g/mol. The van der Waals surface area contributed by atoms with Crippen LogP contribution in [0.5, 0.6) is 0 Å². The lowest BCUT2D eigenvalue weighted by Gasteiger charge is -2.02. The van der Waals surface area contributed by atoms with Crippen LogP contribution in [0.25, 0.3) is 0 Å². The predicted molar refractivity (Wildman–Crippen MR) is 47.4 cm³/mol. The molecule has 1 aromatic rings. The highest BCUT2D eigenvalue weighted by atomic mass is 16.4. The van der Waals surface area contributed by atoms with Gasteiger partial charge < -0.3 is 20.5 Å². The van der Waals surface area contributed by atoms with E-state index >= 15 is 0 Å². The second kappa shape index (κ2) is 4.75. The largest absolute Gasteiger partial charge is 0.491 e. The van der Waals surface area contributed by atoms with Crippen molar-refractivity contribution in [3.63, 3.8) is 0 Å². The number of hydrogen-bond acceptors (Lipinski definition) is 6. The van der Waals surface area contributed by atoms with E-state index in [9.17, 15) is 0 Å². The molecule has 0 amide bonds. The summed E-state index contributed by atoms with van der Waals surface area (Å²) in [6, 6.07) is 0. The fraction of sp³-hybridized carbons (Fsp3) is 0.333. The van der Waals surface area contributed by atoms with E-state index < -0.39 is 7.12 Å². The fourth-order valence-electron chi connectivity index (χ4n) is 0.730. The molecular formula is C6H10BN3O3. The number of nitrogens with one attached hydrogen (secondary N) is 1. The lowest BCUT2D eigenvalue weighted by atomic mass is 9.83. The smallest absolute Gasteiger partial charge is 0.423 e. The standard InChI is InChI=1S/C6H10BN3O3/c11-2-1-8-6-9-3-5(4-10-6)7(12)13/h3-4,11-13H,1-2H2,(H,8,9,10). The van der Waals surface area contributed by atoms with E-state index in [2.05, 4.69) is 15.3 Å². The first kappa shape index (κ1) is 9.91. The summed E-state index contributed by atoms with van der Waals surface area (Å²) in [5.74, 6) is 0.346. The van der Waals surface area contributed by atoms with Gasteiger partial charge in [0.25, 0.3) is 0 Å². The van der Waals surface area contributed by atoms with Crippen molar-refractivity contribution < 1.29 is 15.2 Å². The average Bonchev–Trinajstić information content (AvgIpc) is 2.15. The molecule has 6 nitrogen and oxygen atoms in total. The zero-order valence-corrected chi connectivity index (χ0v) is 6.88. The Hall–Kier alpha value is -1.18. The molecule has 13 heavy (non-hydrogen) atoms. The van der Waals surface area contributed by atoms with Crippen molar-refractivity contribution in [3.05, 3.63) is 12.4 Å². The van der Waals surface area contributed by atoms with Gasteiger partial charge >= 0.3 is 7.12 Å². The minimum Gasteiger partial charge on any atom is -0.423 e. The number of aliphatic hydroxyl groups is 1. The summed E-state index contributed by atoms with van der Waals surface area (Å²) in [7, 11) is -1.55. The highest BCUT2D eigenvalue weighted by Gasteiger charge is 2.11. The minimum absolute atomic E-state index is 0.00621. The van der Waals surface area contributed by atoms with Gasteiger partial charge in [0.05, 0.1) is 6.61 Å². The van der Waals surface area contributed by atoms with Gasteiger partial charge in [0.2, 0.25) is 5.95 Å². The third-order valence-corrected chi connectivity index (χ3v) is 1.36. The van der Waals surface area contributed by atoms with E-state index in [0.717, 1.165) is 0 Å². The molecule has 1 rings (SSSR count). The highest BCUT2D eigenvalue weighted by Crippen LogP contribution is 1.91. The van der Waals surface area contributed by atoms with Crippen molar-refractivity contribution in [3.8, 4) is 0 Å². The zero-order chi connectivity index (χ0) is 9.68. The topological polar surface area (TPSA) is 98.5 Å². The van der Waals surface area contributed by atoms with Crippen LogP contribution in [0.15, 0.2) is 12.4 Å². The fourth-order valence-corrected chi connectivity index (χ4v) is 0.730. The van der Waals surface area contributed by atoms with E-state index in [1.54, 1.807) is 0 Å². The van der Waals surface area contributed by atoms with Gasteiger partial charge in [-0.05, 0) is 0 Å². The van der Waals surface area contributed by atoms with E-state index in [0.29, 0.717) is 12.5 Å². The summed E-state index contributed by atoms with van der Waals surface area (Å²) in [6.07, 6.45) is 2.61. The Morgan fingerprint density at radius 3 is 2.38 bits per heavy atom. The van der Waals surface area contributed by atoms with Gasteiger partial charge in [0.1, 0.15) is 0 Å². The third kappa shape index (κ3) is 2.98. The Labute approximate surface area is 75.4 Å². The van der Waals surface area contributed by atoms with Gasteiger partial charge in [-0.2, -0.15) is 0 Å². The molecule has 0 aliphatic rings. The molecule has 0 spiro atoms. The molecule has 1 aromatic heterocycles. The first-order valence-corrected chi connectivity index (χ1v) is 3.77. The van der Waals surface area contributed by atoms with Gasteiger partial charge in [-0.25, -0.2) is 9.97 Å². The maximum Gasteiger partial charge on any atom is 0.491 e. The van der Waals surface area contributed by atoms with Gasteiger partial charge in [0, 0.05) is 24.4 Å². The van der Waals surface area contributed by atoms with Crippen LogP contribution in [0.4, 0.5) is 5.95 Å². The molecule has 0 atom stereocenters. The maximum atomic E-state index is 8.71. The van der Waals surface area contributed by atoms with Crippen LogP contribution >= 0.6 is 0 Å². The Morgan fingerprint density at radius 1 is 1.31 bits per heavy atom. The first-order valence-electron chi connectivity index (χ1n) is 3.77. The minimum atomic E-state index is -1.55. The normalized spacial score (nSPS) is 9.77. The van der Waals surface area contributed by atoms with Crippen LogP contribution in [0.2, 0.25) is 0 Å². The summed E-state index contributed by atoms with van der Waals surface area (Å²) >= 11 is 0. The van der Waals surface area contributed by atoms with Crippen molar-refractivity contribution in [2.75, 3.05) is 18.5 Å². The number of nitrogens with zero attached hydrogens (tertiary/aromatic N) is 2. The molecule has 4 N–H and O–H groups in total. The van der Waals surface area contributed by atoms with Crippen molar-refractivity contribution >= 4 is 18.5 Å². The van der Waals surface area contributed by atoms with Crippen LogP contribution in [0.1, 0.15) is 0 Å².